The summed E-state index contributed by atoms with van der Waals surface area (Å²) < 4.78 is 7.39. The number of carbonyl (C=O) groups is 1. The van der Waals surface area contributed by atoms with Crippen molar-refractivity contribution in [3.05, 3.63) is 57.7 Å². The summed E-state index contributed by atoms with van der Waals surface area (Å²) in [4.78, 5) is 33.6. The summed E-state index contributed by atoms with van der Waals surface area (Å²) in [6, 6.07) is 11.4. The van der Waals surface area contributed by atoms with E-state index in [1.807, 2.05) is 48.7 Å². The summed E-state index contributed by atoms with van der Waals surface area (Å²) in [5.74, 6) is -0.316. The summed E-state index contributed by atoms with van der Waals surface area (Å²) in [5, 5.41) is 10.2. The molecule has 1 aromatic carbocycles. The Balaban J connectivity index is 1.52. The monoisotopic (exact) mass is 467 g/mol. The van der Waals surface area contributed by atoms with E-state index in [0.717, 1.165) is 33.4 Å². The van der Waals surface area contributed by atoms with Crippen LogP contribution in [-0.4, -0.2) is 47.0 Å². The molecule has 5 rings (SSSR count). The second-order valence-corrected chi connectivity index (χ2v) is 9.40. The first-order valence-corrected chi connectivity index (χ1v) is 11.9. The van der Waals surface area contributed by atoms with Crippen molar-refractivity contribution in [1.29, 1.82) is 0 Å². The molecule has 1 saturated heterocycles. The van der Waals surface area contributed by atoms with Crippen LogP contribution in [0, 0.1) is 6.92 Å². The zero-order valence-electron chi connectivity index (χ0n) is 17.4. The number of nitrogens with one attached hydrogen (secondary N) is 1. The number of hydrogen-bond acceptors (Lipinski definition) is 8. The van der Waals surface area contributed by atoms with Crippen LogP contribution in [0.5, 0.6) is 0 Å². The molecule has 1 amide bonds. The number of amides is 1. The Kier molecular flexibility index (Phi) is 5.73. The highest BCUT2D eigenvalue weighted by Crippen LogP contribution is 2.35. The Morgan fingerprint density at radius 3 is 2.69 bits per heavy atom. The maximum Gasteiger partial charge on any atom is 0.294 e. The lowest BCUT2D eigenvalue weighted by Gasteiger charge is -2.25. The molecule has 0 atom stereocenters. The minimum Gasteiger partial charge on any atom is -0.378 e. The molecule has 32 heavy (non-hydrogen) atoms. The third kappa shape index (κ3) is 4.16. The number of thiazole rings is 1. The molecular formula is C22H21N5O3S2. The summed E-state index contributed by atoms with van der Waals surface area (Å²) in [6.07, 6.45) is 0. The fourth-order valence-corrected chi connectivity index (χ4v) is 5.38. The van der Waals surface area contributed by atoms with E-state index in [0.29, 0.717) is 30.1 Å². The van der Waals surface area contributed by atoms with Gasteiger partial charge in [0, 0.05) is 18.8 Å². The Morgan fingerprint density at radius 2 is 1.97 bits per heavy atom. The van der Waals surface area contributed by atoms with Crippen molar-refractivity contribution in [1.82, 2.24) is 14.8 Å². The van der Waals surface area contributed by atoms with Crippen LogP contribution in [-0.2, 0) is 16.1 Å². The van der Waals surface area contributed by atoms with Crippen molar-refractivity contribution < 1.29 is 9.53 Å². The van der Waals surface area contributed by atoms with Crippen LogP contribution < -0.4 is 15.8 Å². The predicted molar refractivity (Wildman–Crippen MR) is 128 cm³/mol. The number of aromatic nitrogens is 3. The Morgan fingerprint density at radius 1 is 1.19 bits per heavy atom. The van der Waals surface area contributed by atoms with Crippen LogP contribution in [0.2, 0.25) is 0 Å². The van der Waals surface area contributed by atoms with Gasteiger partial charge in [0.05, 0.1) is 22.8 Å². The van der Waals surface area contributed by atoms with Gasteiger partial charge in [0.1, 0.15) is 12.2 Å². The van der Waals surface area contributed by atoms with Crippen LogP contribution in [0.4, 0.5) is 10.8 Å². The minimum atomic E-state index is -0.366. The number of carbonyl (C=O) groups excluding carboxylic acids is 1. The first kappa shape index (κ1) is 20.8. The molecule has 164 valence electrons. The van der Waals surface area contributed by atoms with Gasteiger partial charge in [-0.05, 0) is 30.5 Å². The minimum absolute atomic E-state index is 0.189. The molecule has 8 nitrogen and oxygen atoms in total. The molecule has 1 fully saturated rings. The summed E-state index contributed by atoms with van der Waals surface area (Å²) in [7, 11) is 0. The van der Waals surface area contributed by atoms with Gasteiger partial charge in [0.25, 0.3) is 5.56 Å². The topological polar surface area (TPSA) is 89.3 Å². The SMILES string of the molecule is Cc1ccc(NC(=O)Cn2nc(-c3cccs3)c3sc(N4CCOCC4)nc3c2=O)cc1. The van der Waals surface area contributed by atoms with E-state index in [4.69, 9.17) is 4.74 Å². The Labute approximate surface area is 192 Å². The number of anilines is 2. The molecule has 0 saturated carbocycles. The zero-order chi connectivity index (χ0) is 22.1. The van der Waals surface area contributed by atoms with E-state index in [9.17, 15) is 9.59 Å². The molecule has 4 heterocycles. The van der Waals surface area contributed by atoms with Gasteiger partial charge in [0.2, 0.25) is 5.91 Å². The van der Waals surface area contributed by atoms with Gasteiger partial charge in [-0.25, -0.2) is 9.67 Å². The van der Waals surface area contributed by atoms with E-state index in [-0.39, 0.29) is 18.0 Å². The number of morpholine rings is 1. The molecule has 10 heteroatoms. The van der Waals surface area contributed by atoms with E-state index in [2.05, 4.69) is 20.3 Å². The average molecular weight is 468 g/mol. The number of ether oxygens (including phenoxy) is 1. The molecule has 1 aliphatic heterocycles. The number of benzene rings is 1. The number of thiophene rings is 1. The quantitative estimate of drug-likeness (QED) is 0.484. The molecule has 1 N–H and O–H groups in total. The summed E-state index contributed by atoms with van der Waals surface area (Å²) in [6.45, 7) is 4.52. The highest BCUT2D eigenvalue weighted by Gasteiger charge is 2.22. The van der Waals surface area contributed by atoms with Gasteiger partial charge in [0.15, 0.2) is 10.6 Å². The van der Waals surface area contributed by atoms with Crippen LogP contribution in [0.15, 0.2) is 46.6 Å². The molecule has 0 aliphatic carbocycles. The lowest BCUT2D eigenvalue weighted by Crippen LogP contribution is -2.36. The average Bonchev–Trinajstić information content (AvgIpc) is 3.49. The maximum atomic E-state index is 13.2. The summed E-state index contributed by atoms with van der Waals surface area (Å²) >= 11 is 3.00. The fraction of sp³-hybridized carbons (Fsp3) is 0.273. The van der Waals surface area contributed by atoms with Gasteiger partial charge in [-0.1, -0.05) is 35.1 Å². The third-order valence-electron chi connectivity index (χ3n) is 5.15. The van der Waals surface area contributed by atoms with Crippen molar-refractivity contribution in [3.8, 4) is 10.6 Å². The van der Waals surface area contributed by atoms with Gasteiger partial charge in [-0.15, -0.1) is 11.3 Å². The summed E-state index contributed by atoms with van der Waals surface area (Å²) in [5.41, 5.74) is 2.44. The van der Waals surface area contributed by atoms with Crippen LogP contribution in [0.25, 0.3) is 20.8 Å². The lowest BCUT2D eigenvalue weighted by atomic mass is 10.2. The van der Waals surface area contributed by atoms with Gasteiger partial charge in [-0.3, -0.25) is 9.59 Å². The highest BCUT2D eigenvalue weighted by molar-refractivity contribution is 7.23. The van der Waals surface area contributed by atoms with Gasteiger partial charge < -0.3 is 15.0 Å². The lowest BCUT2D eigenvalue weighted by molar-refractivity contribution is -0.117. The van der Waals surface area contributed by atoms with Gasteiger partial charge >= 0.3 is 0 Å². The van der Waals surface area contributed by atoms with Crippen molar-refractivity contribution in [2.45, 2.75) is 13.5 Å². The zero-order valence-corrected chi connectivity index (χ0v) is 19.0. The van der Waals surface area contributed by atoms with Crippen molar-refractivity contribution in [2.24, 2.45) is 0 Å². The first-order valence-electron chi connectivity index (χ1n) is 10.2. The Hall–Kier alpha value is -3.08. The van der Waals surface area contributed by atoms with Crippen LogP contribution >= 0.6 is 22.7 Å². The normalized spacial score (nSPS) is 14.1. The molecule has 4 aromatic rings. The second-order valence-electron chi connectivity index (χ2n) is 7.48. The van der Waals surface area contributed by atoms with Crippen molar-refractivity contribution >= 4 is 49.6 Å². The molecule has 0 unspecified atom stereocenters. The van der Waals surface area contributed by atoms with E-state index >= 15 is 0 Å². The largest absolute Gasteiger partial charge is 0.378 e. The standard InChI is InChI=1S/C22H21N5O3S2/c1-14-4-6-15(7-5-14)23-17(28)13-27-21(29)19-20(18(25-27)16-3-2-12-31-16)32-22(24-19)26-8-10-30-11-9-26/h2-7,12H,8-11,13H2,1H3,(H,23,28). The number of hydrogen-bond donors (Lipinski definition) is 1. The van der Waals surface area contributed by atoms with E-state index < -0.39 is 0 Å². The second kappa shape index (κ2) is 8.81. The van der Waals surface area contributed by atoms with Crippen molar-refractivity contribution in [2.75, 3.05) is 36.5 Å². The molecule has 0 bridgehead atoms. The third-order valence-corrected chi connectivity index (χ3v) is 7.15. The van der Waals surface area contributed by atoms with Crippen molar-refractivity contribution in [3.63, 3.8) is 0 Å². The number of aryl methyl sites for hydroxylation is 1. The number of rotatable bonds is 5. The number of nitrogens with zero attached hydrogens (tertiary/aromatic N) is 4. The first-order chi connectivity index (χ1) is 15.6. The predicted octanol–water partition coefficient (Wildman–Crippen LogP) is 3.37. The van der Waals surface area contributed by atoms with E-state index in [1.54, 1.807) is 0 Å². The smallest absolute Gasteiger partial charge is 0.294 e. The van der Waals surface area contributed by atoms with E-state index in [1.165, 1.54) is 27.4 Å². The maximum absolute atomic E-state index is 13.2. The molecular weight excluding hydrogens is 446 g/mol. The fourth-order valence-electron chi connectivity index (χ4n) is 3.49. The molecule has 0 radical (unpaired) electrons. The highest BCUT2D eigenvalue weighted by atomic mass is 32.1. The molecule has 3 aromatic heterocycles. The Bertz CT molecular complexity index is 1310. The number of fused-ring (bicyclic) bond motifs is 1. The van der Waals surface area contributed by atoms with Crippen LogP contribution in [0.3, 0.4) is 0 Å². The van der Waals surface area contributed by atoms with Crippen LogP contribution in [0.1, 0.15) is 5.56 Å². The van der Waals surface area contributed by atoms with Gasteiger partial charge in [-0.2, -0.15) is 5.10 Å². The molecule has 0 spiro atoms. The molecule has 1 aliphatic rings.